The average Bonchev–Trinajstić information content (AvgIpc) is 2.34. The van der Waals surface area contributed by atoms with Gasteiger partial charge in [0.25, 0.3) is 0 Å². The van der Waals surface area contributed by atoms with E-state index in [1.54, 1.807) is 0 Å². The molecule has 1 aliphatic rings. The molecule has 0 radical (unpaired) electrons. The fraction of sp³-hybridized carbons (Fsp3) is 0.500. The quantitative estimate of drug-likeness (QED) is 0.926. The third-order valence-corrected chi connectivity index (χ3v) is 3.62. The van der Waals surface area contributed by atoms with Crippen molar-refractivity contribution in [1.29, 1.82) is 0 Å². The van der Waals surface area contributed by atoms with Gasteiger partial charge in [-0.2, -0.15) is 13.2 Å². The zero-order valence-corrected chi connectivity index (χ0v) is 11.1. The van der Waals surface area contributed by atoms with Crippen molar-refractivity contribution in [1.82, 2.24) is 4.90 Å². The van der Waals surface area contributed by atoms with E-state index in [4.69, 9.17) is 0 Å². The first-order valence-electron chi connectivity index (χ1n) is 6.40. The molecule has 0 unspecified atom stereocenters. The Kier molecular flexibility index (Phi) is 3.77. The summed E-state index contributed by atoms with van der Waals surface area (Å²) in [6.07, 6.45) is -3.73. The van der Waals surface area contributed by atoms with Crippen molar-refractivity contribution >= 4 is 5.91 Å². The molecule has 1 heterocycles. The number of benzene rings is 1. The van der Waals surface area contributed by atoms with E-state index in [2.05, 4.69) is 0 Å². The SMILES string of the molecule is CCC1(O)CN(C(=O)Cc2ccc(C(F)(F)F)cc2)C1. The topological polar surface area (TPSA) is 40.5 Å². The molecular formula is C14H16F3NO2. The van der Waals surface area contributed by atoms with E-state index < -0.39 is 17.3 Å². The van der Waals surface area contributed by atoms with E-state index in [-0.39, 0.29) is 12.3 Å². The maximum atomic E-state index is 12.4. The van der Waals surface area contributed by atoms with E-state index in [0.717, 1.165) is 12.1 Å². The molecule has 0 spiro atoms. The van der Waals surface area contributed by atoms with Gasteiger partial charge in [0.05, 0.1) is 30.7 Å². The second kappa shape index (κ2) is 5.09. The highest BCUT2D eigenvalue weighted by molar-refractivity contribution is 5.79. The fourth-order valence-corrected chi connectivity index (χ4v) is 2.16. The average molecular weight is 287 g/mol. The number of likely N-dealkylation sites (tertiary alicyclic amines) is 1. The van der Waals surface area contributed by atoms with Gasteiger partial charge in [-0.3, -0.25) is 4.79 Å². The molecule has 1 aliphatic heterocycles. The largest absolute Gasteiger partial charge is 0.416 e. The molecular weight excluding hydrogens is 271 g/mol. The van der Waals surface area contributed by atoms with Gasteiger partial charge in [0.2, 0.25) is 5.91 Å². The van der Waals surface area contributed by atoms with E-state index in [0.29, 0.717) is 25.1 Å². The van der Waals surface area contributed by atoms with Crippen LogP contribution < -0.4 is 0 Å². The molecule has 1 aromatic rings. The normalized spacial score (nSPS) is 17.8. The summed E-state index contributed by atoms with van der Waals surface area (Å²) in [6, 6.07) is 4.57. The summed E-state index contributed by atoms with van der Waals surface area (Å²) in [5.74, 6) is -0.178. The monoisotopic (exact) mass is 287 g/mol. The second-order valence-electron chi connectivity index (χ2n) is 5.20. The maximum absolute atomic E-state index is 12.4. The van der Waals surface area contributed by atoms with Gasteiger partial charge in [-0.1, -0.05) is 19.1 Å². The number of aliphatic hydroxyl groups is 1. The highest BCUT2D eigenvalue weighted by atomic mass is 19.4. The molecule has 2 rings (SSSR count). The number of β-amino-alcohol motifs (C(OH)–C–C–N with tert-alkyl or cyclic N) is 1. The number of hydrogen-bond acceptors (Lipinski definition) is 2. The third kappa shape index (κ3) is 3.12. The van der Waals surface area contributed by atoms with Crippen LogP contribution in [-0.2, 0) is 17.4 Å². The van der Waals surface area contributed by atoms with Gasteiger partial charge in [0, 0.05) is 0 Å². The minimum atomic E-state index is -4.36. The van der Waals surface area contributed by atoms with Gasteiger partial charge < -0.3 is 10.0 Å². The predicted molar refractivity (Wildman–Crippen MR) is 67.0 cm³/mol. The molecule has 110 valence electrons. The lowest BCUT2D eigenvalue weighted by atomic mass is 9.91. The number of alkyl halides is 3. The first-order chi connectivity index (χ1) is 9.23. The molecule has 1 fully saturated rings. The van der Waals surface area contributed by atoms with E-state index >= 15 is 0 Å². The van der Waals surface area contributed by atoms with Crippen LogP contribution in [-0.4, -0.2) is 34.6 Å². The molecule has 1 aromatic carbocycles. The molecule has 0 aromatic heterocycles. The molecule has 0 saturated carbocycles. The lowest BCUT2D eigenvalue weighted by Gasteiger charge is -2.46. The Labute approximate surface area is 115 Å². The Bertz CT molecular complexity index is 490. The van der Waals surface area contributed by atoms with Gasteiger partial charge in [-0.05, 0) is 24.1 Å². The van der Waals surface area contributed by atoms with Crippen LogP contribution in [0.15, 0.2) is 24.3 Å². The van der Waals surface area contributed by atoms with Crippen molar-refractivity contribution in [3.63, 3.8) is 0 Å². The minimum absolute atomic E-state index is 0.0535. The Hall–Kier alpha value is -1.56. The zero-order valence-electron chi connectivity index (χ0n) is 11.1. The van der Waals surface area contributed by atoms with Crippen LogP contribution >= 0.6 is 0 Å². The van der Waals surface area contributed by atoms with Gasteiger partial charge >= 0.3 is 6.18 Å². The molecule has 1 amide bonds. The Morgan fingerprint density at radius 3 is 2.30 bits per heavy atom. The van der Waals surface area contributed by atoms with E-state index in [1.807, 2.05) is 6.92 Å². The summed E-state index contributed by atoms with van der Waals surface area (Å²) in [5, 5.41) is 9.81. The molecule has 0 atom stereocenters. The number of amides is 1. The van der Waals surface area contributed by atoms with Crippen molar-refractivity contribution in [3.8, 4) is 0 Å². The second-order valence-corrected chi connectivity index (χ2v) is 5.20. The minimum Gasteiger partial charge on any atom is -0.386 e. The molecule has 6 heteroatoms. The maximum Gasteiger partial charge on any atom is 0.416 e. The Morgan fingerprint density at radius 1 is 1.30 bits per heavy atom. The summed E-state index contributed by atoms with van der Waals surface area (Å²) in [6.45, 7) is 2.43. The predicted octanol–water partition coefficient (Wildman–Crippen LogP) is 2.23. The van der Waals surface area contributed by atoms with Crippen LogP contribution in [0.3, 0.4) is 0 Å². The van der Waals surface area contributed by atoms with Crippen LogP contribution in [0.5, 0.6) is 0 Å². The van der Waals surface area contributed by atoms with Crippen molar-refractivity contribution in [2.45, 2.75) is 31.5 Å². The van der Waals surface area contributed by atoms with Crippen molar-refractivity contribution in [2.24, 2.45) is 0 Å². The lowest BCUT2D eigenvalue weighted by Crippen LogP contribution is -2.63. The molecule has 20 heavy (non-hydrogen) atoms. The summed E-state index contributed by atoms with van der Waals surface area (Å²) in [4.78, 5) is 13.4. The van der Waals surface area contributed by atoms with E-state index in [1.165, 1.54) is 17.0 Å². The van der Waals surface area contributed by atoms with Crippen molar-refractivity contribution in [3.05, 3.63) is 35.4 Å². The Morgan fingerprint density at radius 2 is 1.85 bits per heavy atom. The van der Waals surface area contributed by atoms with Gasteiger partial charge in [-0.25, -0.2) is 0 Å². The third-order valence-electron chi connectivity index (χ3n) is 3.62. The van der Waals surface area contributed by atoms with Gasteiger partial charge in [-0.15, -0.1) is 0 Å². The van der Waals surface area contributed by atoms with Crippen LogP contribution in [0, 0.1) is 0 Å². The number of halogens is 3. The lowest BCUT2D eigenvalue weighted by molar-refractivity contribution is -0.155. The van der Waals surface area contributed by atoms with Gasteiger partial charge in [0.1, 0.15) is 0 Å². The molecule has 1 N–H and O–H groups in total. The standard InChI is InChI=1S/C14H16F3NO2/c1-2-13(20)8-18(9-13)12(19)7-10-3-5-11(6-4-10)14(15,16)17/h3-6,20H,2,7-9H2,1H3. The number of rotatable bonds is 3. The van der Waals surface area contributed by atoms with Crippen LogP contribution in [0.25, 0.3) is 0 Å². The summed E-state index contributed by atoms with van der Waals surface area (Å²) in [7, 11) is 0. The Balaban J connectivity index is 1.93. The number of hydrogen-bond donors (Lipinski definition) is 1. The molecule has 0 bridgehead atoms. The summed E-state index contributed by atoms with van der Waals surface area (Å²) >= 11 is 0. The highest BCUT2D eigenvalue weighted by Crippen LogP contribution is 2.29. The first kappa shape index (κ1) is 14.8. The summed E-state index contributed by atoms with van der Waals surface area (Å²) < 4.78 is 37.2. The van der Waals surface area contributed by atoms with Crippen LogP contribution in [0.1, 0.15) is 24.5 Å². The number of carbonyl (C=O) groups excluding carboxylic acids is 1. The first-order valence-corrected chi connectivity index (χ1v) is 6.40. The van der Waals surface area contributed by atoms with Gasteiger partial charge in [0.15, 0.2) is 0 Å². The highest BCUT2D eigenvalue weighted by Gasteiger charge is 2.41. The van der Waals surface area contributed by atoms with Crippen LogP contribution in [0.2, 0.25) is 0 Å². The van der Waals surface area contributed by atoms with Crippen LogP contribution in [0.4, 0.5) is 13.2 Å². The molecule has 0 aliphatic carbocycles. The molecule has 1 saturated heterocycles. The fourth-order valence-electron chi connectivity index (χ4n) is 2.16. The molecule has 3 nitrogen and oxygen atoms in total. The van der Waals surface area contributed by atoms with Crippen molar-refractivity contribution < 1.29 is 23.1 Å². The smallest absolute Gasteiger partial charge is 0.386 e. The number of carbonyl (C=O) groups is 1. The van der Waals surface area contributed by atoms with Crippen molar-refractivity contribution in [2.75, 3.05) is 13.1 Å². The van der Waals surface area contributed by atoms with E-state index in [9.17, 15) is 23.1 Å². The zero-order chi connectivity index (χ0) is 15.0. The number of nitrogens with zero attached hydrogens (tertiary/aromatic N) is 1. The summed E-state index contributed by atoms with van der Waals surface area (Å²) in [5.41, 5.74) is -0.983.